The molecular weight excluding hydrogens is 320 g/mol. The van der Waals surface area contributed by atoms with Crippen molar-refractivity contribution in [3.8, 4) is 0 Å². The van der Waals surface area contributed by atoms with Gasteiger partial charge in [-0.05, 0) is 62.4 Å². The first-order valence-corrected chi connectivity index (χ1v) is 10.7. The molecule has 24 heavy (non-hydrogen) atoms. The molecule has 1 heterocycles. The van der Waals surface area contributed by atoms with E-state index in [-0.39, 0.29) is 6.04 Å². The Labute approximate surface area is 146 Å². The molecule has 0 radical (unpaired) electrons. The van der Waals surface area contributed by atoms with Crippen molar-refractivity contribution in [2.45, 2.75) is 62.3 Å². The Balaban J connectivity index is 1.68. The lowest BCUT2D eigenvalue weighted by atomic mass is 9.84. The summed E-state index contributed by atoms with van der Waals surface area (Å²) in [4.78, 5) is 2.65. The van der Waals surface area contributed by atoms with Crippen LogP contribution in [-0.2, 0) is 10.0 Å². The molecule has 1 aliphatic heterocycles. The standard InChI is InChI=1S/C19H30N2O2S/c1-15-14-21(2)13-12-19(15)20-24(22,23)18-10-8-17(9-11-18)16-6-4-3-5-7-16/h8-11,15-16,19-20H,3-7,12-14H2,1-2H3/t15-,19+/m1/s1. The molecular formula is C19H30N2O2S. The van der Waals surface area contributed by atoms with Gasteiger partial charge >= 0.3 is 0 Å². The van der Waals surface area contributed by atoms with E-state index >= 15 is 0 Å². The van der Waals surface area contributed by atoms with Crippen LogP contribution in [0, 0.1) is 5.92 Å². The van der Waals surface area contributed by atoms with Gasteiger partial charge in [-0.2, -0.15) is 0 Å². The van der Waals surface area contributed by atoms with Gasteiger partial charge in [0.2, 0.25) is 10.0 Å². The summed E-state index contributed by atoms with van der Waals surface area (Å²) in [6.07, 6.45) is 7.26. The SMILES string of the molecule is C[C@@H]1CN(C)CC[C@@H]1NS(=O)(=O)c1ccc(C2CCCCC2)cc1. The van der Waals surface area contributed by atoms with Gasteiger partial charge in [-0.25, -0.2) is 13.1 Å². The number of hydrogen-bond acceptors (Lipinski definition) is 3. The van der Waals surface area contributed by atoms with Crippen LogP contribution in [0.2, 0.25) is 0 Å². The first-order chi connectivity index (χ1) is 11.5. The van der Waals surface area contributed by atoms with Gasteiger partial charge in [0, 0.05) is 12.6 Å². The fraction of sp³-hybridized carbons (Fsp3) is 0.684. The Morgan fingerprint density at radius 2 is 1.71 bits per heavy atom. The average molecular weight is 351 g/mol. The van der Waals surface area contributed by atoms with E-state index in [0.717, 1.165) is 19.5 Å². The summed E-state index contributed by atoms with van der Waals surface area (Å²) in [6.45, 7) is 4.00. The molecule has 2 fully saturated rings. The molecule has 0 aromatic heterocycles. The van der Waals surface area contributed by atoms with Crippen LogP contribution in [0.4, 0.5) is 0 Å². The van der Waals surface area contributed by atoms with Crippen molar-refractivity contribution in [2.75, 3.05) is 20.1 Å². The van der Waals surface area contributed by atoms with Crippen molar-refractivity contribution in [3.05, 3.63) is 29.8 Å². The molecule has 2 aliphatic rings. The molecule has 3 rings (SSSR count). The van der Waals surface area contributed by atoms with Crippen molar-refractivity contribution in [2.24, 2.45) is 5.92 Å². The fourth-order valence-corrected chi connectivity index (χ4v) is 5.53. The van der Waals surface area contributed by atoms with Gasteiger partial charge in [0.05, 0.1) is 4.90 Å². The molecule has 4 nitrogen and oxygen atoms in total. The van der Waals surface area contributed by atoms with Crippen molar-refractivity contribution in [3.63, 3.8) is 0 Å². The summed E-state index contributed by atoms with van der Waals surface area (Å²) in [5, 5.41) is 0. The molecule has 2 atom stereocenters. The molecule has 0 unspecified atom stereocenters. The third kappa shape index (κ3) is 4.19. The first-order valence-electron chi connectivity index (χ1n) is 9.26. The van der Waals surface area contributed by atoms with Crippen LogP contribution in [0.3, 0.4) is 0 Å². The molecule has 0 spiro atoms. The van der Waals surface area contributed by atoms with Gasteiger partial charge in [-0.15, -0.1) is 0 Å². The summed E-state index contributed by atoms with van der Waals surface area (Å²) >= 11 is 0. The van der Waals surface area contributed by atoms with Crippen molar-refractivity contribution >= 4 is 10.0 Å². The van der Waals surface area contributed by atoms with E-state index < -0.39 is 10.0 Å². The highest BCUT2D eigenvalue weighted by Gasteiger charge is 2.28. The van der Waals surface area contributed by atoms with Crippen LogP contribution in [0.1, 0.15) is 56.9 Å². The quantitative estimate of drug-likeness (QED) is 0.906. The van der Waals surface area contributed by atoms with Crippen LogP contribution in [-0.4, -0.2) is 39.5 Å². The molecule has 1 saturated carbocycles. The molecule has 1 N–H and O–H groups in total. The van der Waals surface area contributed by atoms with Crippen molar-refractivity contribution < 1.29 is 8.42 Å². The van der Waals surface area contributed by atoms with Crippen LogP contribution < -0.4 is 4.72 Å². The Bertz CT molecular complexity index is 636. The summed E-state index contributed by atoms with van der Waals surface area (Å²) < 4.78 is 28.3. The predicted molar refractivity (Wildman–Crippen MR) is 97.7 cm³/mol. The minimum atomic E-state index is -3.43. The second kappa shape index (κ2) is 7.54. The van der Waals surface area contributed by atoms with Crippen LogP contribution in [0.15, 0.2) is 29.2 Å². The van der Waals surface area contributed by atoms with E-state index in [1.54, 1.807) is 12.1 Å². The maximum absolute atomic E-state index is 12.7. The Morgan fingerprint density at radius 1 is 1.04 bits per heavy atom. The lowest BCUT2D eigenvalue weighted by Gasteiger charge is -2.34. The Kier molecular flexibility index (Phi) is 5.63. The molecule has 1 aromatic rings. The monoisotopic (exact) mass is 350 g/mol. The number of likely N-dealkylation sites (tertiary alicyclic amines) is 1. The van der Waals surface area contributed by atoms with E-state index in [2.05, 4.69) is 23.6 Å². The van der Waals surface area contributed by atoms with Gasteiger partial charge in [-0.1, -0.05) is 38.3 Å². The zero-order chi connectivity index (χ0) is 17.2. The zero-order valence-electron chi connectivity index (χ0n) is 14.9. The molecule has 0 amide bonds. The summed E-state index contributed by atoms with van der Waals surface area (Å²) in [6, 6.07) is 7.63. The number of nitrogens with zero attached hydrogens (tertiary/aromatic N) is 1. The summed E-state index contributed by atoms with van der Waals surface area (Å²) in [7, 11) is -1.34. The average Bonchev–Trinajstić information content (AvgIpc) is 2.58. The second-order valence-corrected chi connectivity index (χ2v) is 9.37. The lowest BCUT2D eigenvalue weighted by Crippen LogP contribution is -2.48. The number of hydrogen-bond donors (Lipinski definition) is 1. The van der Waals surface area contributed by atoms with Crippen molar-refractivity contribution in [1.29, 1.82) is 0 Å². The number of sulfonamides is 1. The number of rotatable bonds is 4. The van der Waals surface area contributed by atoms with Crippen molar-refractivity contribution in [1.82, 2.24) is 9.62 Å². The molecule has 1 saturated heterocycles. The van der Waals surface area contributed by atoms with Gasteiger partial charge in [0.15, 0.2) is 0 Å². The third-order valence-electron chi connectivity index (χ3n) is 5.68. The number of piperidine rings is 1. The molecule has 0 bridgehead atoms. The van der Waals surface area contributed by atoms with Crippen LogP contribution in [0.25, 0.3) is 0 Å². The zero-order valence-corrected chi connectivity index (χ0v) is 15.7. The summed E-state index contributed by atoms with van der Waals surface area (Å²) in [5.41, 5.74) is 1.29. The second-order valence-electron chi connectivity index (χ2n) is 7.66. The number of benzene rings is 1. The third-order valence-corrected chi connectivity index (χ3v) is 7.19. The maximum atomic E-state index is 12.7. The molecule has 134 valence electrons. The molecule has 5 heteroatoms. The minimum Gasteiger partial charge on any atom is -0.306 e. The molecule has 1 aliphatic carbocycles. The summed E-state index contributed by atoms with van der Waals surface area (Å²) in [5.74, 6) is 0.942. The largest absolute Gasteiger partial charge is 0.306 e. The van der Waals surface area contributed by atoms with E-state index in [0.29, 0.717) is 16.7 Å². The van der Waals surface area contributed by atoms with Gasteiger partial charge in [0.1, 0.15) is 0 Å². The van der Waals surface area contributed by atoms with Gasteiger partial charge in [-0.3, -0.25) is 0 Å². The maximum Gasteiger partial charge on any atom is 0.240 e. The van der Waals surface area contributed by atoms with E-state index in [1.165, 1.54) is 37.7 Å². The predicted octanol–water partition coefficient (Wildman–Crippen LogP) is 3.35. The van der Waals surface area contributed by atoms with Crippen LogP contribution >= 0.6 is 0 Å². The van der Waals surface area contributed by atoms with E-state index in [1.807, 2.05) is 12.1 Å². The highest BCUT2D eigenvalue weighted by molar-refractivity contribution is 7.89. The number of nitrogens with one attached hydrogen (secondary N) is 1. The smallest absolute Gasteiger partial charge is 0.240 e. The van der Waals surface area contributed by atoms with E-state index in [4.69, 9.17) is 0 Å². The first kappa shape index (κ1) is 17.9. The Hall–Kier alpha value is -0.910. The topological polar surface area (TPSA) is 49.4 Å². The van der Waals surface area contributed by atoms with Gasteiger partial charge < -0.3 is 4.90 Å². The normalized spacial score (nSPS) is 27.2. The highest BCUT2D eigenvalue weighted by atomic mass is 32.2. The van der Waals surface area contributed by atoms with Crippen LogP contribution in [0.5, 0.6) is 0 Å². The minimum absolute atomic E-state index is 0.0317. The Morgan fingerprint density at radius 3 is 2.33 bits per heavy atom. The molecule has 1 aromatic carbocycles. The fourth-order valence-electron chi connectivity index (χ4n) is 4.15. The lowest BCUT2D eigenvalue weighted by molar-refractivity contribution is 0.188. The highest BCUT2D eigenvalue weighted by Crippen LogP contribution is 2.33. The van der Waals surface area contributed by atoms with Gasteiger partial charge in [0.25, 0.3) is 0 Å². The van der Waals surface area contributed by atoms with E-state index in [9.17, 15) is 8.42 Å².